The smallest absolute Gasteiger partial charge is 0.403 e. The number of nitrogens with zero attached hydrogens (tertiary/aromatic N) is 1. The highest BCUT2D eigenvalue weighted by molar-refractivity contribution is 5.96. The zero-order valence-corrected chi connectivity index (χ0v) is 16.6. The molecule has 1 fully saturated rings. The summed E-state index contributed by atoms with van der Waals surface area (Å²) in [5.41, 5.74) is 0.566. The molecule has 1 aromatic carbocycles. The molecule has 0 saturated heterocycles. The summed E-state index contributed by atoms with van der Waals surface area (Å²) < 4.78 is 81.9. The molecule has 1 atom stereocenters. The van der Waals surface area contributed by atoms with Gasteiger partial charge >= 0.3 is 18.8 Å². The predicted molar refractivity (Wildman–Crippen MR) is 101 cm³/mol. The van der Waals surface area contributed by atoms with Gasteiger partial charge in [-0.3, -0.25) is 0 Å². The van der Waals surface area contributed by atoms with Gasteiger partial charge in [-0.15, -0.1) is 0 Å². The number of rotatable bonds is 6. The van der Waals surface area contributed by atoms with Gasteiger partial charge in [0.15, 0.2) is 11.6 Å². The lowest BCUT2D eigenvalue weighted by molar-refractivity contribution is -0.153. The van der Waals surface area contributed by atoms with E-state index >= 15 is 0 Å². The van der Waals surface area contributed by atoms with Gasteiger partial charge in [0.2, 0.25) is 0 Å². The van der Waals surface area contributed by atoms with Crippen molar-refractivity contribution in [1.82, 2.24) is 5.32 Å². The van der Waals surface area contributed by atoms with Gasteiger partial charge in [-0.1, -0.05) is 0 Å². The van der Waals surface area contributed by atoms with Crippen LogP contribution in [0.25, 0.3) is 6.08 Å². The third kappa shape index (κ3) is 5.44. The van der Waals surface area contributed by atoms with E-state index in [9.17, 15) is 36.2 Å². The predicted octanol–water partition coefficient (Wildman–Crippen LogP) is 4.57. The molecule has 2 aliphatic rings. The zero-order valence-electron chi connectivity index (χ0n) is 16.6. The fourth-order valence-corrected chi connectivity index (χ4v) is 4.07. The maximum atomic E-state index is 14.2. The summed E-state index contributed by atoms with van der Waals surface area (Å²) in [5, 5.41) is 12.0. The fraction of sp³-hybridized carbons (Fsp3) is 0.550. The number of hydrogen-bond acceptors (Lipinski definition) is 4. The first-order valence-electron chi connectivity index (χ1n) is 9.77. The molecule has 0 amide bonds. The lowest BCUT2D eigenvalue weighted by atomic mass is 9.88. The third-order valence-corrected chi connectivity index (χ3v) is 5.67. The molecule has 11 heteroatoms. The first-order chi connectivity index (χ1) is 14.5. The number of aliphatic carboxylic acids is 1. The number of carbonyl (C=O) groups is 1. The lowest BCUT2D eigenvalue weighted by Gasteiger charge is -2.41. The molecule has 5 nitrogen and oxygen atoms in total. The minimum absolute atomic E-state index is 0.000343. The van der Waals surface area contributed by atoms with Gasteiger partial charge in [-0.2, -0.15) is 22.0 Å². The van der Waals surface area contributed by atoms with Gasteiger partial charge in [-0.25, -0.2) is 9.18 Å². The fourth-order valence-electron chi connectivity index (χ4n) is 4.07. The summed E-state index contributed by atoms with van der Waals surface area (Å²) in [6.45, 7) is -2.22. The average molecular weight is 452 g/mol. The number of nitrogens with one attached hydrogen (secondary N) is 1. The van der Waals surface area contributed by atoms with Crippen LogP contribution in [0.2, 0.25) is 0 Å². The molecule has 172 valence electrons. The van der Waals surface area contributed by atoms with Crippen molar-refractivity contribution in [2.24, 2.45) is 0 Å². The van der Waals surface area contributed by atoms with Gasteiger partial charge in [0.25, 0.3) is 0 Å². The minimum Gasteiger partial charge on any atom is -0.478 e. The first kappa shape index (κ1) is 23.2. The Bertz CT molecular complexity index is 850. The van der Waals surface area contributed by atoms with Crippen LogP contribution < -0.4 is 15.0 Å². The van der Waals surface area contributed by atoms with E-state index in [2.05, 4.69) is 10.1 Å². The van der Waals surface area contributed by atoms with Crippen LogP contribution in [-0.4, -0.2) is 48.5 Å². The van der Waals surface area contributed by atoms with E-state index in [1.54, 1.807) is 4.90 Å². The summed E-state index contributed by atoms with van der Waals surface area (Å²) in [7, 11) is 0. The van der Waals surface area contributed by atoms with E-state index in [1.165, 1.54) is 6.08 Å². The van der Waals surface area contributed by atoms with Gasteiger partial charge in [0.1, 0.15) is 6.04 Å². The summed E-state index contributed by atoms with van der Waals surface area (Å²) in [4.78, 5) is 13.2. The van der Waals surface area contributed by atoms with Crippen molar-refractivity contribution in [3.8, 4) is 5.75 Å². The van der Waals surface area contributed by atoms with E-state index in [-0.39, 0.29) is 29.8 Å². The van der Waals surface area contributed by atoms with Crippen LogP contribution in [0.1, 0.15) is 38.2 Å². The average Bonchev–Trinajstić information content (AvgIpc) is 2.67. The van der Waals surface area contributed by atoms with Crippen LogP contribution >= 0.6 is 0 Å². The highest BCUT2D eigenvalue weighted by Gasteiger charge is 2.38. The number of hydrogen-bond donors (Lipinski definition) is 2. The largest absolute Gasteiger partial charge is 0.478 e. The number of halogens is 6. The number of carboxylic acids is 1. The van der Waals surface area contributed by atoms with Crippen molar-refractivity contribution in [3.63, 3.8) is 0 Å². The first-order valence-corrected chi connectivity index (χ1v) is 9.77. The monoisotopic (exact) mass is 452 g/mol. The van der Waals surface area contributed by atoms with Crippen molar-refractivity contribution in [3.05, 3.63) is 29.1 Å². The Kier molecular flexibility index (Phi) is 6.73. The van der Waals surface area contributed by atoms with Crippen molar-refractivity contribution in [2.75, 3.05) is 11.4 Å². The van der Waals surface area contributed by atoms with E-state index in [4.69, 9.17) is 0 Å². The standard InChI is InChI=1S/C20H22F6N2O3/c1-10(20(24,25)26)27-13-2-4-14(5-3-13)28-9-12(18(29)30)6-11-7-15(21)17(8-16(11)28)31-19(22)23/h6-8,10,13-14,19,27H,2-5,9H2,1H3,(H,29,30). The number of carboxylic acid groups (broad SMARTS) is 1. The van der Waals surface area contributed by atoms with Crippen molar-refractivity contribution in [2.45, 2.75) is 63.5 Å². The summed E-state index contributed by atoms with van der Waals surface area (Å²) in [6.07, 6.45) is -1.32. The highest BCUT2D eigenvalue weighted by atomic mass is 19.4. The second-order valence-electron chi connectivity index (χ2n) is 7.76. The Hall–Kier alpha value is -2.43. The maximum Gasteiger partial charge on any atom is 0.403 e. The molecule has 31 heavy (non-hydrogen) atoms. The summed E-state index contributed by atoms with van der Waals surface area (Å²) in [6, 6.07) is -0.186. The highest BCUT2D eigenvalue weighted by Crippen LogP contribution is 2.39. The van der Waals surface area contributed by atoms with E-state index in [0.29, 0.717) is 31.4 Å². The van der Waals surface area contributed by atoms with Crippen LogP contribution in [0, 0.1) is 5.82 Å². The molecule has 1 heterocycles. The second-order valence-corrected chi connectivity index (χ2v) is 7.76. The SMILES string of the molecule is CC(NC1CCC(N2CC(C(=O)O)=Cc3cc(F)c(OC(F)F)cc32)CC1)C(F)(F)F. The Labute approximate surface area is 174 Å². The van der Waals surface area contributed by atoms with E-state index in [1.807, 2.05) is 0 Å². The lowest BCUT2D eigenvalue weighted by Crippen LogP contribution is -2.49. The molecule has 1 aliphatic carbocycles. The molecule has 0 bridgehead atoms. The van der Waals surface area contributed by atoms with Crippen LogP contribution in [0.5, 0.6) is 5.75 Å². The van der Waals surface area contributed by atoms with Crippen molar-refractivity contribution < 1.29 is 41.0 Å². The summed E-state index contributed by atoms with van der Waals surface area (Å²) >= 11 is 0. The molecule has 0 spiro atoms. The molecular weight excluding hydrogens is 430 g/mol. The van der Waals surface area contributed by atoms with E-state index < -0.39 is 36.4 Å². The molecule has 1 unspecified atom stereocenters. The number of fused-ring (bicyclic) bond motifs is 1. The molecule has 1 saturated carbocycles. The Morgan fingerprint density at radius 3 is 2.42 bits per heavy atom. The Balaban J connectivity index is 1.81. The molecule has 3 rings (SSSR count). The van der Waals surface area contributed by atoms with Gasteiger partial charge < -0.3 is 20.1 Å². The van der Waals surface area contributed by atoms with Crippen molar-refractivity contribution in [1.29, 1.82) is 0 Å². The van der Waals surface area contributed by atoms with Crippen molar-refractivity contribution >= 4 is 17.7 Å². The number of alkyl halides is 5. The third-order valence-electron chi connectivity index (χ3n) is 5.67. The van der Waals surface area contributed by atoms with Crippen LogP contribution in [-0.2, 0) is 4.79 Å². The number of anilines is 1. The van der Waals surface area contributed by atoms with Gasteiger partial charge in [-0.05, 0) is 44.7 Å². The topological polar surface area (TPSA) is 61.8 Å². The number of benzene rings is 1. The molecule has 0 radical (unpaired) electrons. The molecule has 1 aliphatic heterocycles. The van der Waals surface area contributed by atoms with Gasteiger partial charge in [0.05, 0.1) is 12.1 Å². The van der Waals surface area contributed by atoms with E-state index in [0.717, 1.165) is 19.1 Å². The zero-order chi connectivity index (χ0) is 22.9. The molecule has 2 N–H and O–H groups in total. The van der Waals surface area contributed by atoms with Gasteiger partial charge in [0, 0.05) is 29.4 Å². The second kappa shape index (κ2) is 8.97. The molecule has 1 aromatic rings. The summed E-state index contributed by atoms with van der Waals surface area (Å²) in [5.74, 6) is -2.89. The number of ether oxygens (including phenoxy) is 1. The molecule has 0 aromatic heterocycles. The van der Waals surface area contributed by atoms with Crippen LogP contribution in [0.15, 0.2) is 17.7 Å². The van der Waals surface area contributed by atoms with Crippen LogP contribution in [0.4, 0.5) is 32.0 Å². The quantitative estimate of drug-likeness (QED) is 0.620. The molecular formula is C20H22F6N2O3. The normalized spacial score (nSPS) is 22.7. The maximum absolute atomic E-state index is 14.2. The Morgan fingerprint density at radius 2 is 1.87 bits per heavy atom. The van der Waals surface area contributed by atoms with Crippen LogP contribution in [0.3, 0.4) is 0 Å². The Morgan fingerprint density at radius 1 is 1.23 bits per heavy atom. The minimum atomic E-state index is -4.35.